The van der Waals surface area contributed by atoms with Gasteiger partial charge in [0.05, 0.1) is 1.37 Å². The monoisotopic (exact) mass is 241 g/mol. The quantitative estimate of drug-likeness (QED) is 0.688. The largest absolute Gasteiger partial charge is 0.134 e. The Morgan fingerprint density at radius 1 is 0.941 bits per heavy atom. The third-order valence-corrected chi connectivity index (χ3v) is 3.16. The lowest BCUT2D eigenvalue weighted by Crippen LogP contribution is -1.85. The van der Waals surface area contributed by atoms with Crippen LogP contribution in [0.15, 0.2) is 66.1 Å². The molecule has 2 aromatic carbocycles. The zero-order chi connectivity index (χ0) is 12.6. The van der Waals surface area contributed by atoms with Crippen LogP contribution >= 0.6 is 11.8 Å². The molecule has 0 saturated heterocycles. The number of hydrogen-bond acceptors (Lipinski definition) is 1. The fraction of sp³-hybridized carbons (Fsp3) is 0.125. The Hall–Kier alpha value is -1.47. The van der Waals surface area contributed by atoms with E-state index in [0.29, 0.717) is 6.05 Å². The van der Waals surface area contributed by atoms with Gasteiger partial charge >= 0.3 is 0 Å². The molecule has 0 saturated carbocycles. The maximum Gasteiger partial charge on any atom is 0.0634 e. The molecule has 0 unspecified atom stereocenters. The minimum absolute atomic E-state index is 0.591. The second-order valence-corrected chi connectivity index (χ2v) is 4.71. The Balaban J connectivity index is 1.81. The van der Waals surface area contributed by atoms with Crippen molar-refractivity contribution in [3.63, 3.8) is 0 Å². The van der Waals surface area contributed by atoms with E-state index < -0.39 is 0 Å². The zero-order valence-corrected chi connectivity index (χ0v) is 10.5. The second kappa shape index (κ2) is 6.97. The summed E-state index contributed by atoms with van der Waals surface area (Å²) in [4.78, 5) is 0. The lowest BCUT2D eigenvalue weighted by Gasteiger charge is -1.98. The molecular formula is C16H16S. The van der Waals surface area contributed by atoms with E-state index >= 15 is 0 Å². The Kier molecular flexibility index (Phi) is 4.38. The van der Waals surface area contributed by atoms with Crippen molar-refractivity contribution < 1.29 is 1.37 Å². The van der Waals surface area contributed by atoms with Gasteiger partial charge < -0.3 is 0 Å². The topological polar surface area (TPSA) is 0 Å². The summed E-state index contributed by atoms with van der Waals surface area (Å²) in [6.45, 7) is 0. The van der Waals surface area contributed by atoms with Gasteiger partial charge in [-0.2, -0.15) is 0 Å². The summed E-state index contributed by atoms with van der Waals surface area (Å²) in [5.41, 5.74) is 2.33. The fourth-order valence-electron chi connectivity index (χ4n) is 1.52. The van der Waals surface area contributed by atoms with Gasteiger partial charge in [-0.3, -0.25) is 0 Å². The van der Waals surface area contributed by atoms with Gasteiger partial charge in [0.1, 0.15) is 0 Å². The molecule has 0 nitrogen and oxygen atoms in total. The standard InChI is InChI=1S/C16H16S/c1-3-7-15(8-4-1)11-13-17-14-12-16-9-5-2-6-10-16/h1-11,13H,12,14H2/b13-11-/i11D. The van der Waals surface area contributed by atoms with E-state index in [1.165, 1.54) is 5.56 Å². The molecule has 1 heteroatoms. The molecule has 2 aromatic rings. The highest BCUT2D eigenvalue weighted by atomic mass is 32.2. The van der Waals surface area contributed by atoms with Crippen LogP contribution in [0.3, 0.4) is 0 Å². The van der Waals surface area contributed by atoms with Gasteiger partial charge in [0.2, 0.25) is 0 Å². The molecule has 0 fully saturated rings. The highest BCUT2D eigenvalue weighted by Crippen LogP contribution is 2.10. The van der Waals surface area contributed by atoms with Gasteiger partial charge in [0.25, 0.3) is 0 Å². The van der Waals surface area contributed by atoms with Crippen molar-refractivity contribution in [3.05, 3.63) is 77.2 Å². The van der Waals surface area contributed by atoms with Crippen molar-refractivity contribution >= 4 is 17.8 Å². The fourth-order valence-corrected chi connectivity index (χ4v) is 2.22. The van der Waals surface area contributed by atoms with Gasteiger partial charge in [-0.25, -0.2) is 0 Å². The smallest absolute Gasteiger partial charge is 0.0634 e. The third-order valence-electron chi connectivity index (χ3n) is 2.43. The van der Waals surface area contributed by atoms with Crippen LogP contribution < -0.4 is 0 Å². The number of aryl methyl sites for hydroxylation is 1. The molecule has 0 atom stereocenters. The highest BCUT2D eigenvalue weighted by Gasteiger charge is 1.90. The molecule has 0 bridgehead atoms. The third kappa shape index (κ3) is 4.49. The minimum atomic E-state index is 0.591. The summed E-state index contributed by atoms with van der Waals surface area (Å²) in [6.07, 6.45) is 1.05. The van der Waals surface area contributed by atoms with Crippen molar-refractivity contribution in [2.24, 2.45) is 0 Å². The van der Waals surface area contributed by atoms with Gasteiger partial charge in [0, 0.05) is 5.75 Å². The van der Waals surface area contributed by atoms with Crippen molar-refractivity contribution in [3.8, 4) is 0 Å². The first-order valence-electron chi connectivity index (χ1n) is 6.24. The molecule has 0 N–H and O–H groups in total. The van der Waals surface area contributed by atoms with E-state index in [1.807, 2.05) is 41.8 Å². The Morgan fingerprint density at radius 2 is 1.59 bits per heavy atom. The van der Waals surface area contributed by atoms with Crippen molar-refractivity contribution in [1.82, 2.24) is 0 Å². The summed E-state index contributed by atoms with van der Waals surface area (Å²) in [5, 5.41) is 1.93. The van der Waals surface area contributed by atoms with Gasteiger partial charge in [0.15, 0.2) is 0 Å². The normalized spacial score (nSPS) is 12.2. The molecule has 0 radical (unpaired) electrons. The molecule has 0 aromatic heterocycles. The lowest BCUT2D eigenvalue weighted by molar-refractivity contribution is 1.16. The molecule has 17 heavy (non-hydrogen) atoms. The average molecular weight is 241 g/mol. The van der Waals surface area contributed by atoms with Crippen molar-refractivity contribution in [2.75, 3.05) is 5.75 Å². The number of rotatable bonds is 5. The first kappa shape index (κ1) is 10.7. The summed E-state index contributed by atoms with van der Waals surface area (Å²) in [7, 11) is 0. The molecule has 0 aliphatic heterocycles. The molecule has 0 aliphatic carbocycles. The molecule has 0 amide bonds. The molecule has 2 rings (SSSR count). The van der Waals surface area contributed by atoms with Crippen LogP contribution in [0.5, 0.6) is 0 Å². The number of benzene rings is 2. The maximum atomic E-state index is 7.94. The number of hydrogen-bond donors (Lipinski definition) is 0. The van der Waals surface area contributed by atoms with E-state index in [4.69, 9.17) is 1.37 Å². The van der Waals surface area contributed by atoms with E-state index in [1.54, 1.807) is 11.8 Å². The first-order chi connectivity index (χ1) is 8.86. The molecule has 0 aliphatic rings. The SMILES string of the molecule is [2H]/C(=C/SCCc1ccccc1)c1ccccc1. The summed E-state index contributed by atoms with van der Waals surface area (Å²) in [6, 6.07) is 20.9. The van der Waals surface area contributed by atoms with Crippen LogP contribution in [-0.4, -0.2) is 5.75 Å². The summed E-state index contributed by atoms with van der Waals surface area (Å²) < 4.78 is 7.94. The first-order valence-corrected chi connectivity index (χ1v) is 6.79. The second-order valence-electron chi connectivity index (χ2n) is 3.73. The predicted octanol–water partition coefficient (Wildman–Crippen LogP) is 4.63. The lowest BCUT2D eigenvalue weighted by atomic mass is 10.2. The van der Waals surface area contributed by atoms with Crippen LogP contribution in [0.2, 0.25) is 0 Å². The molecule has 86 valence electrons. The van der Waals surface area contributed by atoms with Gasteiger partial charge in [-0.1, -0.05) is 60.7 Å². The predicted molar refractivity (Wildman–Crippen MR) is 78.1 cm³/mol. The highest BCUT2D eigenvalue weighted by molar-refractivity contribution is 8.02. The number of thioether (sulfide) groups is 1. The van der Waals surface area contributed by atoms with E-state index in [2.05, 4.69) is 24.3 Å². The summed E-state index contributed by atoms with van der Waals surface area (Å²) >= 11 is 1.70. The average Bonchev–Trinajstić information content (AvgIpc) is 2.45. The molecule has 0 spiro atoms. The van der Waals surface area contributed by atoms with E-state index in [9.17, 15) is 0 Å². The summed E-state index contributed by atoms with van der Waals surface area (Å²) in [5.74, 6) is 1.01. The Morgan fingerprint density at radius 3 is 2.29 bits per heavy atom. The molecule has 0 heterocycles. The van der Waals surface area contributed by atoms with Gasteiger partial charge in [-0.15, -0.1) is 11.8 Å². The minimum Gasteiger partial charge on any atom is -0.134 e. The van der Waals surface area contributed by atoms with E-state index in [-0.39, 0.29) is 0 Å². The Bertz CT molecular complexity index is 491. The van der Waals surface area contributed by atoms with Crippen molar-refractivity contribution in [1.29, 1.82) is 0 Å². The van der Waals surface area contributed by atoms with Crippen LogP contribution in [0.1, 0.15) is 12.5 Å². The molecular weight excluding hydrogens is 224 g/mol. The van der Waals surface area contributed by atoms with Crippen LogP contribution in [0.25, 0.3) is 6.05 Å². The van der Waals surface area contributed by atoms with E-state index in [0.717, 1.165) is 17.7 Å². The van der Waals surface area contributed by atoms with Crippen LogP contribution in [0, 0.1) is 0 Å². The zero-order valence-electron chi connectivity index (χ0n) is 10.7. The van der Waals surface area contributed by atoms with Gasteiger partial charge in [-0.05, 0) is 29.0 Å². The van der Waals surface area contributed by atoms with Crippen molar-refractivity contribution in [2.45, 2.75) is 6.42 Å². The van der Waals surface area contributed by atoms with Crippen LogP contribution in [-0.2, 0) is 6.42 Å². The van der Waals surface area contributed by atoms with Crippen LogP contribution in [0.4, 0.5) is 0 Å². The maximum absolute atomic E-state index is 7.94. The Labute approximate surface area is 109 Å².